The molecule has 0 bridgehead atoms. The van der Waals surface area contributed by atoms with Gasteiger partial charge in [0.25, 0.3) is 0 Å². The Morgan fingerprint density at radius 1 is 1.00 bits per heavy atom. The third-order valence-corrected chi connectivity index (χ3v) is 5.45. The van der Waals surface area contributed by atoms with Gasteiger partial charge in [-0.05, 0) is 52.9 Å². The lowest BCUT2D eigenvalue weighted by Crippen LogP contribution is -2.30. The molecule has 2 aromatic heterocycles. The van der Waals surface area contributed by atoms with Crippen molar-refractivity contribution in [3.8, 4) is 5.75 Å². The van der Waals surface area contributed by atoms with Gasteiger partial charge < -0.3 is 9.72 Å². The third-order valence-electron chi connectivity index (χ3n) is 5.45. The van der Waals surface area contributed by atoms with Gasteiger partial charge in [0.1, 0.15) is 18.0 Å². The maximum absolute atomic E-state index is 6.03. The number of fused-ring (bicyclic) bond motifs is 2. The fraction of sp³-hybridized carbons (Fsp3) is 0.208. The lowest BCUT2D eigenvalue weighted by Gasteiger charge is -2.29. The van der Waals surface area contributed by atoms with E-state index in [4.69, 9.17) is 4.74 Å². The Morgan fingerprint density at radius 3 is 2.86 bits per heavy atom. The van der Waals surface area contributed by atoms with Crippen molar-refractivity contribution >= 4 is 11.0 Å². The number of hydrogen-bond acceptors (Lipinski definition) is 3. The zero-order valence-corrected chi connectivity index (χ0v) is 15.8. The summed E-state index contributed by atoms with van der Waals surface area (Å²) in [5.41, 5.74) is 6.27. The van der Waals surface area contributed by atoms with Gasteiger partial charge in [-0.2, -0.15) is 0 Å². The molecule has 0 atom stereocenters. The number of H-pyrrole nitrogens is 1. The molecule has 28 heavy (non-hydrogen) atoms. The molecule has 4 aromatic rings. The second kappa shape index (κ2) is 7.49. The average Bonchev–Trinajstić information content (AvgIpc) is 3.16. The van der Waals surface area contributed by atoms with Crippen molar-refractivity contribution < 1.29 is 4.74 Å². The first kappa shape index (κ1) is 17.0. The van der Waals surface area contributed by atoms with Crippen LogP contribution in [0.15, 0.2) is 73.1 Å². The van der Waals surface area contributed by atoms with Crippen LogP contribution in [0.4, 0.5) is 0 Å². The van der Waals surface area contributed by atoms with Gasteiger partial charge in [0.15, 0.2) is 0 Å². The second-order valence-electron chi connectivity index (χ2n) is 7.38. The second-order valence-corrected chi connectivity index (χ2v) is 7.38. The molecule has 3 heterocycles. The third kappa shape index (κ3) is 3.51. The van der Waals surface area contributed by atoms with Crippen LogP contribution < -0.4 is 4.74 Å². The molecule has 5 rings (SSSR count). The molecular formula is C24H23N3O. The molecule has 0 unspecified atom stereocenters. The van der Waals surface area contributed by atoms with Crippen molar-refractivity contribution in [2.24, 2.45) is 0 Å². The van der Waals surface area contributed by atoms with Crippen molar-refractivity contribution in [2.45, 2.75) is 26.1 Å². The number of nitrogens with zero attached hydrogens (tertiary/aromatic N) is 2. The van der Waals surface area contributed by atoms with Gasteiger partial charge in [-0.3, -0.25) is 4.90 Å². The van der Waals surface area contributed by atoms with E-state index in [0.29, 0.717) is 6.61 Å². The molecule has 2 aromatic carbocycles. The Labute approximate surface area is 164 Å². The summed E-state index contributed by atoms with van der Waals surface area (Å²) in [5.74, 6) is 0.945. The molecule has 0 radical (unpaired) electrons. The predicted octanol–water partition coefficient (Wildman–Crippen LogP) is 4.70. The summed E-state index contributed by atoms with van der Waals surface area (Å²) in [4.78, 5) is 10.2. The van der Waals surface area contributed by atoms with Crippen molar-refractivity contribution in [3.05, 3.63) is 95.3 Å². The Bertz CT molecular complexity index is 1090. The molecule has 0 fully saturated rings. The number of benzene rings is 2. The van der Waals surface area contributed by atoms with E-state index < -0.39 is 0 Å². The van der Waals surface area contributed by atoms with Crippen LogP contribution in [0.1, 0.15) is 22.3 Å². The maximum Gasteiger partial charge on any atom is 0.137 e. The average molecular weight is 369 g/mol. The highest BCUT2D eigenvalue weighted by Gasteiger charge is 2.18. The molecule has 1 aliphatic rings. The Morgan fingerprint density at radius 2 is 1.93 bits per heavy atom. The van der Waals surface area contributed by atoms with E-state index in [1.54, 1.807) is 0 Å². The summed E-state index contributed by atoms with van der Waals surface area (Å²) in [5, 5.41) is 1.22. The number of rotatable bonds is 5. The maximum atomic E-state index is 6.03. The van der Waals surface area contributed by atoms with Gasteiger partial charge in [-0.15, -0.1) is 0 Å². The number of hydrogen-bond donors (Lipinski definition) is 1. The number of aromatic amines is 1. The summed E-state index contributed by atoms with van der Waals surface area (Å²) in [6.07, 6.45) is 5.00. The van der Waals surface area contributed by atoms with Crippen LogP contribution in [0.2, 0.25) is 0 Å². The predicted molar refractivity (Wildman–Crippen MR) is 111 cm³/mol. The lowest BCUT2D eigenvalue weighted by atomic mass is 9.99. The zero-order valence-electron chi connectivity index (χ0n) is 15.8. The topological polar surface area (TPSA) is 41.1 Å². The van der Waals surface area contributed by atoms with Gasteiger partial charge in [-0.25, -0.2) is 4.98 Å². The van der Waals surface area contributed by atoms with Gasteiger partial charge in [0.2, 0.25) is 0 Å². The lowest BCUT2D eigenvalue weighted by molar-refractivity contribution is 0.245. The fourth-order valence-electron chi connectivity index (χ4n) is 3.94. The molecule has 1 N–H and O–H groups in total. The highest BCUT2D eigenvalue weighted by Crippen LogP contribution is 2.26. The molecular weight excluding hydrogens is 346 g/mol. The Hall–Kier alpha value is -3.11. The fourth-order valence-corrected chi connectivity index (χ4v) is 3.94. The number of nitrogens with one attached hydrogen (secondary N) is 1. The van der Waals surface area contributed by atoms with Crippen LogP contribution in [0.5, 0.6) is 5.75 Å². The molecule has 1 aliphatic heterocycles. The Kier molecular flexibility index (Phi) is 4.55. The van der Waals surface area contributed by atoms with E-state index >= 15 is 0 Å². The molecule has 0 saturated heterocycles. The molecule has 4 nitrogen and oxygen atoms in total. The minimum Gasteiger partial charge on any atom is -0.489 e. The van der Waals surface area contributed by atoms with E-state index in [-0.39, 0.29) is 0 Å². The molecule has 140 valence electrons. The van der Waals surface area contributed by atoms with Crippen LogP contribution in [0.3, 0.4) is 0 Å². The highest BCUT2D eigenvalue weighted by molar-refractivity contribution is 5.79. The standard InChI is InChI=1S/C24H23N3O/c1-2-5-18(6-3-1)17-28-22-9-8-19-10-12-27(15-20(19)13-22)16-21-14-26-24-23(21)7-4-11-25-24/h1-9,11,13-14H,10,12,15-17H2,(H,25,26). The molecule has 0 saturated carbocycles. The largest absolute Gasteiger partial charge is 0.489 e. The van der Waals surface area contributed by atoms with E-state index in [9.17, 15) is 0 Å². The van der Waals surface area contributed by atoms with Crippen molar-refractivity contribution in [3.63, 3.8) is 0 Å². The smallest absolute Gasteiger partial charge is 0.137 e. The molecule has 0 spiro atoms. The van der Waals surface area contributed by atoms with Gasteiger partial charge in [0, 0.05) is 37.4 Å². The number of ether oxygens (including phenoxy) is 1. The van der Waals surface area contributed by atoms with E-state index in [0.717, 1.165) is 37.5 Å². The van der Waals surface area contributed by atoms with Crippen molar-refractivity contribution in [1.82, 2.24) is 14.9 Å². The van der Waals surface area contributed by atoms with Crippen LogP contribution in [-0.2, 0) is 26.1 Å². The molecule has 0 aliphatic carbocycles. The monoisotopic (exact) mass is 369 g/mol. The van der Waals surface area contributed by atoms with Crippen molar-refractivity contribution in [1.29, 1.82) is 0 Å². The normalized spacial score (nSPS) is 14.1. The summed E-state index contributed by atoms with van der Waals surface area (Å²) < 4.78 is 6.03. The first-order valence-corrected chi connectivity index (χ1v) is 9.77. The zero-order chi connectivity index (χ0) is 18.8. The van der Waals surface area contributed by atoms with Crippen molar-refractivity contribution in [2.75, 3.05) is 6.54 Å². The minimum atomic E-state index is 0.603. The van der Waals surface area contributed by atoms with Crippen LogP contribution in [0, 0.1) is 0 Å². The summed E-state index contributed by atoms with van der Waals surface area (Å²) >= 11 is 0. The van der Waals surface area contributed by atoms with Gasteiger partial charge >= 0.3 is 0 Å². The molecule has 4 heteroatoms. The first-order valence-electron chi connectivity index (χ1n) is 9.77. The van der Waals surface area contributed by atoms with Crippen LogP contribution >= 0.6 is 0 Å². The van der Waals surface area contributed by atoms with Gasteiger partial charge in [0.05, 0.1) is 0 Å². The summed E-state index contributed by atoms with van der Waals surface area (Å²) in [6, 6.07) is 21.0. The SMILES string of the molecule is c1ccc(COc2ccc3c(c2)CN(Cc2c[nH]c4ncccc24)CC3)cc1. The highest BCUT2D eigenvalue weighted by atomic mass is 16.5. The van der Waals surface area contributed by atoms with E-state index in [1.165, 1.54) is 27.6 Å². The van der Waals surface area contributed by atoms with Gasteiger partial charge in [-0.1, -0.05) is 36.4 Å². The number of pyridine rings is 1. The van der Waals surface area contributed by atoms with Crippen LogP contribution in [0.25, 0.3) is 11.0 Å². The van der Waals surface area contributed by atoms with E-state index in [1.807, 2.05) is 30.5 Å². The number of aromatic nitrogens is 2. The van der Waals surface area contributed by atoms with E-state index in [2.05, 4.69) is 57.5 Å². The Balaban J connectivity index is 1.29. The molecule has 0 amide bonds. The first-order chi connectivity index (χ1) is 13.8. The summed E-state index contributed by atoms with van der Waals surface area (Å²) in [7, 11) is 0. The summed E-state index contributed by atoms with van der Waals surface area (Å²) in [6.45, 7) is 3.56. The minimum absolute atomic E-state index is 0.603. The quantitative estimate of drug-likeness (QED) is 0.554. The van der Waals surface area contributed by atoms with Crippen LogP contribution in [-0.4, -0.2) is 21.4 Å².